The van der Waals surface area contributed by atoms with Crippen LogP contribution in [-0.4, -0.2) is 28.3 Å². The maximum Gasteiger partial charge on any atom is 0.270 e. The maximum atomic E-state index is 11.1. The van der Waals surface area contributed by atoms with Crippen LogP contribution >= 0.6 is 0 Å². The minimum Gasteiger partial charge on any atom is -0.326 e. The molecule has 1 aliphatic heterocycles. The smallest absolute Gasteiger partial charge is 0.270 e. The Labute approximate surface area is 69.8 Å². The van der Waals surface area contributed by atoms with Crippen LogP contribution in [0.1, 0.15) is 13.8 Å². The largest absolute Gasteiger partial charge is 0.326 e. The Kier molecular flexibility index (Phi) is 2.12. The van der Waals surface area contributed by atoms with Crippen molar-refractivity contribution >= 4 is 5.91 Å². The summed E-state index contributed by atoms with van der Waals surface area (Å²) in [7, 11) is 0. The van der Waals surface area contributed by atoms with Crippen molar-refractivity contribution in [3.8, 4) is 0 Å². The van der Waals surface area contributed by atoms with Gasteiger partial charge in [0.25, 0.3) is 11.6 Å². The lowest BCUT2D eigenvalue weighted by Crippen LogP contribution is -2.33. The molecule has 1 rings (SSSR count). The molecule has 1 aliphatic rings. The monoisotopic (exact) mass is 170 g/mol. The first-order valence-corrected chi connectivity index (χ1v) is 3.68. The first-order valence-electron chi connectivity index (χ1n) is 3.68. The topological polar surface area (TPSA) is 63.4 Å². The highest BCUT2D eigenvalue weighted by Gasteiger charge is 2.30. The average Bonchev–Trinajstić information content (AvgIpc) is 2.30. The molecule has 0 saturated carbocycles. The Morgan fingerprint density at radius 3 is 2.50 bits per heavy atom. The van der Waals surface area contributed by atoms with Gasteiger partial charge < -0.3 is 4.90 Å². The van der Waals surface area contributed by atoms with Gasteiger partial charge in [0.2, 0.25) is 0 Å². The van der Waals surface area contributed by atoms with Crippen LogP contribution in [0.15, 0.2) is 11.8 Å². The van der Waals surface area contributed by atoms with Gasteiger partial charge in [0.05, 0.1) is 11.0 Å². The number of amides is 1. The molecule has 0 aromatic rings. The van der Waals surface area contributed by atoms with Crippen LogP contribution in [-0.2, 0) is 4.79 Å². The van der Waals surface area contributed by atoms with E-state index < -0.39 is 4.92 Å². The second-order valence-corrected chi connectivity index (χ2v) is 2.95. The Morgan fingerprint density at radius 1 is 1.67 bits per heavy atom. The fourth-order valence-corrected chi connectivity index (χ4v) is 1.07. The summed E-state index contributed by atoms with van der Waals surface area (Å²) in [6.07, 6.45) is 1.08. The van der Waals surface area contributed by atoms with Gasteiger partial charge in [-0.3, -0.25) is 14.9 Å². The molecule has 0 atom stereocenters. The fraction of sp³-hybridized carbons (Fsp3) is 0.571. The number of nitrogens with zero attached hydrogens (tertiary/aromatic N) is 2. The molecule has 5 nitrogen and oxygen atoms in total. The number of hydrogen-bond donors (Lipinski definition) is 0. The third kappa shape index (κ3) is 1.44. The van der Waals surface area contributed by atoms with Gasteiger partial charge in [0, 0.05) is 6.04 Å². The third-order valence-corrected chi connectivity index (χ3v) is 1.76. The molecule has 0 aliphatic carbocycles. The lowest BCUT2D eigenvalue weighted by atomic mass is 10.3. The predicted octanol–water partition coefficient (Wildman–Crippen LogP) is 0.398. The maximum absolute atomic E-state index is 11.1. The van der Waals surface area contributed by atoms with E-state index >= 15 is 0 Å². The van der Waals surface area contributed by atoms with E-state index in [4.69, 9.17) is 0 Å². The molecule has 0 saturated heterocycles. The van der Waals surface area contributed by atoms with E-state index in [-0.39, 0.29) is 24.2 Å². The molecule has 12 heavy (non-hydrogen) atoms. The lowest BCUT2D eigenvalue weighted by molar-refractivity contribution is -0.426. The average molecular weight is 170 g/mol. The van der Waals surface area contributed by atoms with Gasteiger partial charge in [-0.1, -0.05) is 0 Å². The van der Waals surface area contributed by atoms with Crippen molar-refractivity contribution in [1.29, 1.82) is 0 Å². The first kappa shape index (κ1) is 8.70. The quantitative estimate of drug-likeness (QED) is 0.445. The normalized spacial score (nSPS) is 17.1. The standard InChI is InChI=1S/C7H10N2O3/c1-5(2)8-4-6(9(11)12)3-7(8)10/h3,5H,4H2,1-2H3. The van der Waals surface area contributed by atoms with Crippen LogP contribution in [0.25, 0.3) is 0 Å². The SMILES string of the molecule is CC(C)N1CC([N+](=O)[O-])=CC1=O. The lowest BCUT2D eigenvalue weighted by Gasteiger charge is -2.18. The summed E-state index contributed by atoms with van der Waals surface area (Å²) in [6.45, 7) is 3.78. The number of hydrogen-bond acceptors (Lipinski definition) is 3. The van der Waals surface area contributed by atoms with Gasteiger partial charge in [0.15, 0.2) is 0 Å². The molecule has 0 fully saturated rings. The first-order chi connectivity index (χ1) is 5.52. The Balaban J connectivity index is 2.74. The van der Waals surface area contributed by atoms with Crippen LogP contribution in [0.3, 0.4) is 0 Å². The minimum absolute atomic E-state index is 0.0196. The Hall–Kier alpha value is -1.39. The fourth-order valence-electron chi connectivity index (χ4n) is 1.07. The molecule has 0 aromatic carbocycles. The second-order valence-electron chi connectivity index (χ2n) is 2.95. The van der Waals surface area contributed by atoms with Gasteiger partial charge in [0.1, 0.15) is 6.54 Å². The molecule has 0 bridgehead atoms. The van der Waals surface area contributed by atoms with E-state index in [1.165, 1.54) is 4.90 Å². The Bertz CT molecular complexity index is 257. The highest BCUT2D eigenvalue weighted by molar-refractivity contribution is 5.90. The van der Waals surface area contributed by atoms with E-state index in [0.29, 0.717) is 0 Å². The van der Waals surface area contributed by atoms with Crippen molar-refractivity contribution in [2.75, 3.05) is 6.54 Å². The molecular weight excluding hydrogens is 160 g/mol. The van der Waals surface area contributed by atoms with Crippen molar-refractivity contribution in [2.24, 2.45) is 0 Å². The summed E-state index contributed by atoms with van der Waals surface area (Å²) in [5.41, 5.74) is -0.0197. The van der Waals surface area contributed by atoms with Gasteiger partial charge in [-0.2, -0.15) is 0 Å². The van der Waals surface area contributed by atoms with Crippen molar-refractivity contribution < 1.29 is 9.72 Å². The molecule has 5 heteroatoms. The van der Waals surface area contributed by atoms with Crippen LogP contribution in [0.2, 0.25) is 0 Å². The highest BCUT2D eigenvalue weighted by atomic mass is 16.6. The van der Waals surface area contributed by atoms with Crippen molar-refractivity contribution in [3.63, 3.8) is 0 Å². The van der Waals surface area contributed by atoms with E-state index in [9.17, 15) is 14.9 Å². The molecule has 0 radical (unpaired) electrons. The molecule has 0 N–H and O–H groups in total. The van der Waals surface area contributed by atoms with Crippen molar-refractivity contribution in [1.82, 2.24) is 4.90 Å². The molecule has 0 spiro atoms. The summed E-state index contributed by atoms with van der Waals surface area (Å²) < 4.78 is 0. The molecule has 0 aromatic heterocycles. The minimum atomic E-state index is -0.514. The number of carbonyl (C=O) groups excluding carboxylic acids is 1. The van der Waals surface area contributed by atoms with E-state index in [1.54, 1.807) is 0 Å². The van der Waals surface area contributed by atoms with E-state index in [1.807, 2.05) is 13.8 Å². The summed E-state index contributed by atoms with van der Waals surface area (Å²) in [6, 6.07) is 0.0196. The van der Waals surface area contributed by atoms with Gasteiger partial charge in [-0.15, -0.1) is 0 Å². The van der Waals surface area contributed by atoms with Crippen molar-refractivity contribution in [2.45, 2.75) is 19.9 Å². The van der Waals surface area contributed by atoms with Gasteiger partial charge in [-0.25, -0.2) is 0 Å². The highest BCUT2D eigenvalue weighted by Crippen LogP contribution is 2.13. The summed E-state index contributed by atoms with van der Waals surface area (Å²) in [5.74, 6) is -0.267. The predicted molar refractivity (Wildman–Crippen MR) is 41.9 cm³/mol. The molecular formula is C7H10N2O3. The molecule has 0 unspecified atom stereocenters. The number of carbonyl (C=O) groups is 1. The number of rotatable bonds is 2. The van der Waals surface area contributed by atoms with Crippen LogP contribution < -0.4 is 0 Å². The number of nitro groups is 1. The zero-order valence-electron chi connectivity index (χ0n) is 6.98. The molecule has 66 valence electrons. The van der Waals surface area contributed by atoms with E-state index in [0.717, 1.165) is 6.08 Å². The summed E-state index contributed by atoms with van der Waals surface area (Å²) in [4.78, 5) is 22.3. The molecule has 1 heterocycles. The zero-order valence-corrected chi connectivity index (χ0v) is 6.98. The van der Waals surface area contributed by atoms with Crippen LogP contribution in [0.5, 0.6) is 0 Å². The third-order valence-electron chi connectivity index (χ3n) is 1.76. The van der Waals surface area contributed by atoms with Gasteiger partial charge in [-0.05, 0) is 13.8 Å². The van der Waals surface area contributed by atoms with Crippen molar-refractivity contribution in [3.05, 3.63) is 21.9 Å². The van der Waals surface area contributed by atoms with Gasteiger partial charge >= 0.3 is 0 Å². The zero-order chi connectivity index (χ0) is 9.30. The molecule has 1 amide bonds. The van der Waals surface area contributed by atoms with E-state index in [2.05, 4.69) is 0 Å². The van der Waals surface area contributed by atoms with Crippen LogP contribution in [0.4, 0.5) is 0 Å². The second kappa shape index (κ2) is 2.92. The Morgan fingerprint density at radius 2 is 2.25 bits per heavy atom. The summed E-state index contributed by atoms with van der Waals surface area (Å²) >= 11 is 0. The summed E-state index contributed by atoms with van der Waals surface area (Å²) in [5, 5.41) is 10.3. The van der Waals surface area contributed by atoms with Crippen LogP contribution in [0, 0.1) is 10.1 Å².